The van der Waals surface area contributed by atoms with Gasteiger partial charge in [0.1, 0.15) is 16.5 Å². The maximum atomic E-state index is 13.8. The Hall–Kier alpha value is -4.75. The zero-order valence-corrected chi connectivity index (χ0v) is 26.3. The van der Waals surface area contributed by atoms with Crippen molar-refractivity contribution in [2.75, 3.05) is 11.9 Å². The molecule has 3 aromatic heterocycles. The minimum Gasteiger partial charge on any atom is -0.472 e. The standard InChI is InChI=1S/C32H34N8O4S/c1-5-40-27-11-10-25(22(4)31(27)37-38-40)26(16-30(41)36-29-17-33-13-14-34-29)23-9-8-20(2)24(15-23)19-39-18-21(3)44-32-28(45(39,42)43)7-6-12-35-32/h6-15,17,21,26H,5,16,18-19H2,1-4H3,(H,34,36,41)/t21-,26+/m1/s1. The van der Waals surface area contributed by atoms with Crippen molar-refractivity contribution in [2.24, 2.45) is 0 Å². The Bertz CT molecular complexity index is 1980. The molecule has 0 saturated carbocycles. The van der Waals surface area contributed by atoms with Gasteiger partial charge in [-0.1, -0.05) is 29.5 Å². The van der Waals surface area contributed by atoms with Crippen LogP contribution in [0.15, 0.2) is 72.1 Å². The molecule has 4 heterocycles. The average Bonchev–Trinajstić information content (AvgIpc) is 3.42. The highest BCUT2D eigenvalue weighted by atomic mass is 32.2. The van der Waals surface area contributed by atoms with Gasteiger partial charge in [-0.2, -0.15) is 4.31 Å². The molecule has 6 rings (SSSR count). The smallest absolute Gasteiger partial charge is 0.248 e. The van der Waals surface area contributed by atoms with E-state index in [9.17, 15) is 13.2 Å². The second-order valence-electron chi connectivity index (χ2n) is 11.2. The van der Waals surface area contributed by atoms with Gasteiger partial charge in [0, 0.05) is 44.0 Å². The monoisotopic (exact) mass is 626 g/mol. The number of sulfonamides is 1. The Balaban J connectivity index is 1.39. The van der Waals surface area contributed by atoms with Crippen LogP contribution in [0, 0.1) is 13.8 Å². The van der Waals surface area contributed by atoms with Crippen LogP contribution in [0.3, 0.4) is 0 Å². The van der Waals surface area contributed by atoms with Crippen molar-refractivity contribution < 1.29 is 17.9 Å². The zero-order valence-electron chi connectivity index (χ0n) is 25.5. The number of aryl methyl sites for hydroxylation is 3. The SMILES string of the molecule is CCn1nnc2c(C)c([C@@H](CC(=O)Nc3cnccn3)c3ccc(C)c(CN4C[C@@H](C)Oc5ncccc5S4(=O)=O)c3)ccc21. The summed E-state index contributed by atoms with van der Waals surface area (Å²) < 4.78 is 36.7. The third kappa shape index (κ3) is 6.00. The van der Waals surface area contributed by atoms with E-state index in [-0.39, 0.29) is 42.1 Å². The van der Waals surface area contributed by atoms with E-state index in [1.54, 1.807) is 12.3 Å². The summed E-state index contributed by atoms with van der Waals surface area (Å²) in [5.41, 5.74) is 6.18. The van der Waals surface area contributed by atoms with Gasteiger partial charge in [-0.25, -0.2) is 23.1 Å². The van der Waals surface area contributed by atoms with Crippen LogP contribution in [0.2, 0.25) is 0 Å². The molecule has 2 atom stereocenters. The molecule has 0 unspecified atom stereocenters. The molecule has 0 radical (unpaired) electrons. The molecular formula is C32H34N8O4S. The van der Waals surface area contributed by atoms with Crippen LogP contribution in [0.5, 0.6) is 5.88 Å². The molecule has 232 valence electrons. The van der Waals surface area contributed by atoms with Gasteiger partial charge in [0.05, 0.1) is 18.3 Å². The van der Waals surface area contributed by atoms with E-state index in [4.69, 9.17) is 4.74 Å². The Morgan fingerprint density at radius 1 is 1.11 bits per heavy atom. The second-order valence-corrected chi connectivity index (χ2v) is 13.1. The van der Waals surface area contributed by atoms with E-state index < -0.39 is 16.1 Å². The minimum atomic E-state index is -3.89. The number of amides is 1. The number of hydrogen-bond donors (Lipinski definition) is 1. The first-order valence-electron chi connectivity index (χ1n) is 14.8. The number of anilines is 1. The lowest BCUT2D eigenvalue weighted by Crippen LogP contribution is -2.35. The van der Waals surface area contributed by atoms with Crippen LogP contribution in [0.25, 0.3) is 11.0 Å². The molecule has 1 aliphatic heterocycles. The van der Waals surface area contributed by atoms with E-state index in [1.807, 2.05) is 62.7 Å². The highest BCUT2D eigenvalue weighted by Crippen LogP contribution is 2.36. The van der Waals surface area contributed by atoms with E-state index in [0.29, 0.717) is 12.4 Å². The third-order valence-electron chi connectivity index (χ3n) is 8.13. The fourth-order valence-electron chi connectivity index (χ4n) is 5.77. The number of nitrogens with zero attached hydrogens (tertiary/aromatic N) is 7. The van der Waals surface area contributed by atoms with Gasteiger partial charge in [-0.15, -0.1) is 5.10 Å². The van der Waals surface area contributed by atoms with E-state index in [0.717, 1.165) is 38.9 Å². The van der Waals surface area contributed by atoms with Gasteiger partial charge >= 0.3 is 0 Å². The summed E-state index contributed by atoms with van der Waals surface area (Å²) >= 11 is 0. The van der Waals surface area contributed by atoms with Crippen LogP contribution in [0.1, 0.15) is 54.0 Å². The number of fused-ring (bicyclic) bond motifs is 2. The second kappa shape index (κ2) is 12.3. The molecule has 0 fully saturated rings. The number of hydrogen-bond acceptors (Lipinski definition) is 9. The van der Waals surface area contributed by atoms with Crippen LogP contribution < -0.4 is 10.1 Å². The lowest BCUT2D eigenvalue weighted by atomic mass is 9.84. The molecule has 1 amide bonds. The molecule has 5 aromatic rings. The number of carbonyl (C=O) groups is 1. The van der Waals surface area contributed by atoms with Gasteiger partial charge in [-0.05, 0) is 73.7 Å². The molecule has 0 spiro atoms. The van der Waals surface area contributed by atoms with Crippen molar-refractivity contribution in [1.29, 1.82) is 0 Å². The molecule has 45 heavy (non-hydrogen) atoms. The topological polar surface area (TPSA) is 145 Å². The zero-order chi connectivity index (χ0) is 31.7. The highest BCUT2D eigenvalue weighted by molar-refractivity contribution is 7.89. The largest absolute Gasteiger partial charge is 0.472 e. The molecule has 2 aromatic carbocycles. The number of ether oxygens (including phenoxy) is 1. The molecule has 1 aliphatic rings. The van der Waals surface area contributed by atoms with Crippen LogP contribution in [0.4, 0.5) is 5.82 Å². The van der Waals surface area contributed by atoms with Gasteiger partial charge in [0.25, 0.3) is 0 Å². The first-order chi connectivity index (χ1) is 21.7. The highest BCUT2D eigenvalue weighted by Gasteiger charge is 2.34. The molecule has 0 saturated heterocycles. The van der Waals surface area contributed by atoms with Gasteiger partial charge < -0.3 is 10.1 Å². The summed E-state index contributed by atoms with van der Waals surface area (Å²) in [5.74, 6) is -0.131. The van der Waals surface area contributed by atoms with E-state index in [1.165, 1.54) is 29.0 Å². The van der Waals surface area contributed by atoms with Gasteiger partial charge in [0.15, 0.2) is 5.82 Å². The molecule has 12 nitrogen and oxygen atoms in total. The fraction of sp³-hybridized carbons (Fsp3) is 0.312. The first kappa shape index (κ1) is 30.3. The predicted octanol–water partition coefficient (Wildman–Crippen LogP) is 4.39. The molecule has 13 heteroatoms. The van der Waals surface area contributed by atoms with Gasteiger partial charge in [-0.3, -0.25) is 9.78 Å². The number of pyridine rings is 1. The maximum Gasteiger partial charge on any atom is 0.248 e. The van der Waals surface area contributed by atoms with E-state index >= 15 is 0 Å². The molecular weight excluding hydrogens is 592 g/mol. The van der Waals surface area contributed by atoms with Crippen LogP contribution >= 0.6 is 0 Å². The van der Waals surface area contributed by atoms with Crippen molar-refractivity contribution in [3.05, 3.63) is 95.1 Å². The molecule has 1 N–H and O–H groups in total. The number of aromatic nitrogens is 6. The maximum absolute atomic E-state index is 13.8. The minimum absolute atomic E-state index is 0.0470. The normalized spacial score (nSPS) is 16.8. The average molecular weight is 627 g/mol. The number of rotatable bonds is 8. The summed E-state index contributed by atoms with van der Waals surface area (Å²) in [6, 6.07) is 13.1. The van der Waals surface area contributed by atoms with Crippen molar-refractivity contribution in [2.45, 2.75) is 64.1 Å². The van der Waals surface area contributed by atoms with Crippen molar-refractivity contribution >= 4 is 32.8 Å². The summed E-state index contributed by atoms with van der Waals surface area (Å²) in [7, 11) is -3.89. The fourth-order valence-corrected chi connectivity index (χ4v) is 7.34. The van der Waals surface area contributed by atoms with Crippen LogP contribution in [-0.4, -0.2) is 61.2 Å². The Labute approximate surface area is 261 Å². The molecule has 0 aliphatic carbocycles. The number of nitrogens with one attached hydrogen (secondary N) is 1. The quantitative estimate of drug-likeness (QED) is 0.265. The first-order valence-corrected chi connectivity index (χ1v) is 16.2. The van der Waals surface area contributed by atoms with Crippen LogP contribution in [-0.2, 0) is 27.9 Å². The van der Waals surface area contributed by atoms with Crippen molar-refractivity contribution in [3.63, 3.8) is 0 Å². The van der Waals surface area contributed by atoms with Crippen molar-refractivity contribution in [3.8, 4) is 5.88 Å². The summed E-state index contributed by atoms with van der Waals surface area (Å²) in [5, 5.41) is 11.6. The Morgan fingerprint density at radius 2 is 1.96 bits per heavy atom. The summed E-state index contributed by atoms with van der Waals surface area (Å²) in [6.45, 7) is 8.76. The Kier molecular flexibility index (Phi) is 8.30. The van der Waals surface area contributed by atoms with Gasteiger partial charge in [0.2, 0.25) is 21.8 Å². The predicted molar refractivity (Wildman–Crippen MR) is 168 cm³/mol. The van der Waals surface area contributed by atoms with Crippen molar-refractivity contribution in [1.82, 2.24) is 34.3 Å². The third-order valence-corrected chi connectivity index (χ3v) is 9.95. The number of benzene rings is 2. The van der Waals surface area contributed by atoms with E-state index in [2.05, 4.69) is 30.6 Å². The lowest BCUT2D eigenvalue weighted by Gasteiger charge is -2.24. The lowest BCUT2D eigenvalue weighted by molar-refractivity contribution is -0.116. The number of carbonyl (C=O) groups excluding carboxylic acids is 1. The Morgan fingerprint density at radius 3 is 2.73 bits per heavy atom. The summed E-state index contributed by atoms with van der Waals surface area (Å²) in [4.78, 5) is 25.9. The summed E-state index contributed by atoms with van der Waals surface area (Å²) in [6.07, 6.45) is 5.79. The molecule has 0 bridgehead atoms.